The van der Waals surface area contributed by atoms with Gasteiger partial charge in [0.15, 0.2) is 0 Å². The van der Waals surface area contributed by atoms with Crippen molar-refractivity contribution in [1.29, 1.82) is 0 Å². The number of rotatable bonds is 3. The van der Waals surface area contributed by atoms with Gasteiger partial charge in [0.1, 0.15) is 5.75 Å². The minimum atomic E-state index is -3.70. The molecule has 17 heavy (non-hydrogen) atoms. The second kappa shape index (κ2) is 4.72. The Kier molecular flexibility index (Phi) is 3.74. The lowest BCUT2D eigenvalue weighted by Gasteiger charge is -2.12. The third-order valence-corrected chi connectivity index (χ3v) is 3.88. The largest absolute Gasteiger partial charge is 0.508 e. The first kappa shape index (κ1) is 13.5. The quantitative estimate of drug-likeness (QED) is 0.796. The van der Waals surface area contributed by atoms with Crippen molar-refractivity contribution in [2.24, 2.45) is 0 Å². The predicted molar refractivity (Wildman–Crippen MR) is 60.3 cm³/mol. The Balaban J connectivity index is 3.38. The maximum Gasteiger partial charge on any atom is 0.338 e. The Labute approximate surface area is 99.5 Å². The zero-order valence-corrected chi connectivity index (χ0v) is 10.5. The van der Waals surface area contributed by atoms with Crippen LogP contribution >= 0.6 is 0 Å². The van der Waals surface area contributed by atoms with Crippen LogP contribution in [-0.2, 0) is 14.8 Å². The lowest BCUT2D eigenvalue weighted by Crippen LogP contribution is -2.22. The number of phenols is 1. The number of carbonyl (C=O) groups excluding carboxylic acids is 1. The molecule has 0 amide bonds. The van der Waals surface area contributed by atoms with Crippen molar-refractivity contribution in [3.05, 3.63) is 23.8 Å². The fourth-order valence-electron chi connectivity index (χ4n) is 1.18. The molecule has 0 spiro atoms. The summed E-state index contributed by atoms with van der Waals surface area (Å²) in [5, 5.41) is 9.39. The molecule has 94 valence electrons. The van der Waals surface area contributed by atoms with Gasteiger partial charge in [-0.05, 0) is 18.2 Å². The predicted octanol–water partition coefficient (Wildman–Crippen LogP) is 0.429. The van der Waals surface area contributed by atoms with E-state index in [1.165, 1.54) is 21.2 Å². The second-order valence-electron chi connectivity index (χ2n) is 3.49. The molecule has 7 heteroatoms. The standard InChI is InChI=1S/C10H13NO5S/c1-11(2)17(14,15)9-5-7(10(13)16-3)4-8(12)6-9/h4-6,12H,1-3H3. The summed E-state index contributed by atoms with van der Waals surface area (Å²) < 4.78 is 29.1. The summed E-state index contributed by atoms with van der Waals surface area (Å²) in [6, 6.07) is 3.36. The fraction of sp³-hybridized carbons (Fsp3) is 0.300. The van der Waals surface area contributed by atoms with Crippen molar-refractivity contribution in [2.75, 3.05) is 21.2 Å². The lowest BCUT2D eigenvalue weighted by atomic mass is 10.2. The SMILES string of the molecule is COC(=O)c1cc(O)cc(S(=O)(=O)N(C)C)c1. The number of nitrogens with zero attached hydrogens (tertiary/aromatic N) is 1. The van der Waals surface area contributed by atoms with Gasteiger partial charge in [0.2, 0.25) is 10.0 Å². The van der Waals surface area contributed by atoms with Gasteiger partial charge in [0, 0.05) is 14.1 Å². The zero-order valence-electron chi connectivity index (χ0n) is 9.67. The highest BCUT2D eigenvalue weighted by Crippen LogP contribution is 2.22. The van der Waals surface area contributed by atoms with E-state index in [1.807, 2.05) is 0 Å². The summed E-state index contributed by atoms with van der Waals surface area (Å²) in [5.74, 6) is -1.02. The van der Waals surface area contributed by atoms with E-state index in [-0.39, 0.29) is 16.2 Å². The summed E-state index contributed by atoms with van der Waals surface area (Å²) in [6.07, 6.45) is 0. The van der Waals surface area contributed by atoms with Gasteiger partial charge in [0.05, 0.1) is 17.6 Å². The van der Waals surface area contributed by atoms with E-state index in [0.717, 1.165) is 22.5 Å². The molecule has 0 unspecified atom stereocenters. The second-order valence-corrected chi connectivity index (χ2v) is 5.65. The Morgan fingerprint density at radius 2 is 1.88 bits per heavy atom. The molecule has 1 rings (SSSR count). The van der Waals surface area contributed by atoms with Crippen molar-refractivity contribution < 1.29 is 23.1 Å². The van der Waals surface area contributed by atoms with Gasteiger partial charge in [-0.25, -0.2) is 17.5 Å². The van der Waals surface area contributed by atoms with Crippen molar-refractivity contribution in [3.8, 4) is 5.75 Å². The number of phenolic OH excluding ortho intramolecular Hbond substituents is 1. The maximum absolute atomic E-state index is 11.8. The van der Waals surface area contributed by atoms with Gasteiger partial charge in [-0.3, -0.25) is 0 Å². The normalized spacial score (nSPS) is 11.5. The van der Waals surface area contributed by atoms with Crippen LogP contribution in [0, 0.1) is 0 Å². The monoisotopic (exact) mass is 259 g/mol. The van der Waals surface area contributed by atoms with Crippen LogP contribution in [0.25, 0.3) is 0 Å². The third kappa shape index (κ3) is 2.75. The van der Waals surface area contributed by atoms with Crippen LogP contribution in [0.4, 0.5) is 0 Å². The highest BCUT2D eigenvalue weighted by atomic mass is 32.2. The van der Waals surface area contributed by atoms with E-state index in [2.05, 4.69) is 4.74 Å². The molecule has 1 aromatic carbocycles. The molecule has 0 atom stereocenters. The van der Waals surface area contributed by atoms with Crippen LogP contribution in [0.1, 0.15) is 10.4 Å². The van der Waals surface area contributed by atoms with Crippen molar-refractivity contribution in [3.63, 3.8) is 0 Å². The topological polar surface area (TPSA) is 83.9 Å². The molecule has 0 aromatic heterocycles. The molecule has 0 fully saturated rings. The van der Waals surface area contributed by atoms with Crippen LogP contribution in [0.2, 0.25) is 0 Å². The van der Waals surface area contributed by atoms with Gasteiger partial charge in [-0.1, -0.05) is 0 Å². The van der Waals surface area contributed by atoms with Crippen LogP contribution in [0.3, 0.4) is 0 Å². The van der Waals surface area contributed by atoms with E-state index < -0.39 is 16.0 Å². The lowest BCUT2D eigenvalue weighted by molar-refractivity contribution is 0.0600. The molecular weight excluding hydrogens is 246 g/mol. The smallest absolute Gasteiger partial charge is 0.338 e. The van der Waals surface area contributed by atoms with Crippen molar-refractivity contribution >= 4 is 16.0 Å². The first-order valence-corrected chi connectivity index (χ1v) is 6.08. The van der Waals surface area contributed by atoms with E-state index in [9.17, 15) is 18.3 Å². The van der Waals surface area contributed by atoms with Gasteiger partial charge in [-0.2, -0.15) is 0 Å². The average Bonchev–Trinajstić information content (AvgIpc) is 2.26. The van der Waals surface area contributed by atoms with Gasteiger partial charge in [-0.15, -0.1) is 0 Å². The molecule has 0 heterocycles. The molecule has 0 aliphatic heterocycles. The number of hydrogen-bond donors (Lipinski definition) is 1. The molecule has 0 aliphatic rings. The van der Waals surface area contributed by atoms with E-state index in [4.69, 9.17) is 0 Å². The molecule has 0 saturated heterocycles. The number of aromatic hydroxyl groups is 1. The fourth-order valence-corrected chi connectivity index (χ4v) is 2.15. The number of benzene rings is 1. The van der Waals surface area contributed by atoms with Crippen molar-refractivity contribution in [1.82, 2.24) is 4.31 Å². The van der Waals surface area contributed by atoms with E-state index in [0.29, 0.717) is 0 Å². The Morgan fingerprint density at radius 3 is 2.35 bits per heavy atom. The van der Waals surface area contributed by atoms with Gasteiger partial charge < -0.3 is 9.84 Å². The molecular formula is C10H13NO5S. The van der Waals surface area contributed by atoms with Crippen LogP contribution in [0.15, 0.2) is 23.1 Å². The summed E-state index contributed by atoms with van der Waals surface area (Å²) >= 11 is 0. The average molecular weight is 259 g/mol. The van der Waals surface area contributed by atoms with Crippen molar-refractivity contribution in [2.45, 2.75) is 4.90 Å². The Hall–Kier alpha value is -1.60. The number of esters is 1. The summed E-state index contributed by atoms with van der Waals surface area (Å²) in [7, 11) is 0.192. The molecule has 1 aromatic rings. The Morgan fingerprint density at radius 1 is 1.29 bits per heavy atom. The minimum absolute atomic E-state index is 0.0204. The first-order valence-electron chi connectivity index (χ1n) is 4.64. The minimum Gasteiger partial charge on any atom is -0.508 e. The van der Waals surface area contributed by atoms with Crippen LogP contribution in [-0.4, -0.2) is 45.0 Å². The highest BCUT2D eigenvalue weighted by Gasteiger charge is 2.20. The summed E-state index contributed by atoms with van der Waals surface area (Å²) in [5.41, 5.74) is -0.0204. The molecule has 6 nitrogen and oxygen atoms in total. The van der Waals surface area contributed by atoms with E-state index in [1.54, 1.807) is 0 Å². The number of carbonyl (C=O) groups is 1. The first-order chi connectivity index (χ1) is 7.78. The van der Waals surface area contributed by atoms with Crippen LogP contribution < -0.4 is 0 Å². The summed E-state index contributed by atoms with van der Waals surface area (Å²) in [6.45, 7) is 0. The van der Waals surface area contributed by atoms with E-state index >= 15 is 0 Å². The number of ether oxygens (including phenoxy) is 1. The third-order valence-electron chi connectivity index (χ3n) is 2.09. The van der Waals surface area contributed by atoms with Gasteiger partial charge >= 0.3 is 5.97 Å². The van der Waals surface area contributed by atoms with Crippen LogP contribution in [0.5, 0.6) is 5.75 Å². The number of hydrogen-bond acceptors (Lipinski definition) is 5. The summed E-state index contributed by atoms with van der Waals surface area (Å²) in [4.78, 5) is 11.1. The highest BCUT2D eigenvalue weighted by molar-refractivity contribution is 7.89. The molecule has 0 bridgehead atoms. The maximum atomic E-state index is 11.8. The molecule has 0 radical (unpaired) electrons. The molecule has 0 aliphatic carbocycles. The molecule has 0 saturated carbocycles. The number of sulfonamides is 1. The Bertz CT molecular complexity index is 536. The molecule has 1 N–H and O–H groups in total. The zero-order chi connectivity index (χ0) is 13.2. The number of methoxy groups -OCH3 is 1. The van der Waals surface area contributed by atoms with Gasteiger partial charge in [0.25, 0.3) is 0 Å².